The second-order valence-electron chi connectivity index (χ2n) is 8.48. The Morgan fingerprint density at radius 3 is 2.26 bits per heavy atom. The van der Waals surface area contributed by atoms with E-state index < -0.39 is 0 Å². The molecule has 7 heteroatoms. The molecule has 0 spiro atoms. The van der Waals surface area contributed by atoms with E-state index in [1.807, 2.05) is 52.8 Å². The molecule has 7 nitrogen and oxygen atoms in total. The van der Waals surface area contributed by atoms with Crippen LogP contribution in [-0.2, 0) is 11.3 Å². The number of benzene rings is 1. The molecule has 0 unspecified atom stereocenters. The number of nitrogens with zero attached hydrogens (tertiary/aromatic N) is 5. The second kappa shape index (κ2) is 11.1. The predicted molar refractivity (Wildman–Crippen MR) is 120 cm³/mol. The zero-order valence-electron chi connectivity index (χ0n) is 18.9. The fourth-order valence-electron chi connectivity index (χ4n) is 4.56. The van der Waals surface area contributed by atoms with E-state index in [-0.39, 0.29) is 17.9 Å². The first-order valence-corrected chi connectivity index (χ1v) is 11.6. The fraction of sp³-hybridized carbons (Fsp3) is 0.625. The summed E-state index contributed by atoms with van der Waals surface area (Å²) in [6.45, 7) is 11.0. The summed E-state index contributed by atoms with van der Waals surface area (Å²) in [5, 5.41) is 8.95. The van der Waals surface area contributed by atoms with Crippen LogP contribution >= 0.6 is 0 Å². The van der Waals surface area contributed by atoms with Crippen molar-refractivity contribution >= 4 is 11.9 Å². The molecule has 2 aliphatic heterocycles. The van der Waals surface area contributed by atoms with Gasteiger partial charge in [0.1, 0.15) is 0 Å². The van der Waals surface area contributed by atoms with Gasteiger partial charge in [-0.15, -0.1) is 0 Å². The Balaban J connectivity index is 1.47. The second-order valence-corrected chi connectivity index (χ2v) is 8.48. The number of hydrogen-bond donors (Lipinski definition) is 0. The third-order valence-electron chi connectivity index (χ3n) is 6.54. The van der Waals surface area contributed by atoms with Gasteiger partial charge in [-0.3, -0.25) is 9.69 Å². The largest absolute Gasteiger partial charge is 0.341 e. The summed E-state index contributed by atoms with van der Waals surface area (Å²) in [6.07, 6.45) is 2.50. The molecule has 2 heterocycles. The maximum atomic E-state index is 13.1. The molecule has 2 aliphatic rings. The lowest BCUT2D eigenvalue weighted by atomic mass is 9.95. The molecule has 0 aliphatic carbocycles. The molecule has 0 radical (unpaired) electrons. The molecule has 0 saturated carbocycles. The van der Waals surface area contributed by atoms with Gasteiger partial charge < -0.3 is 14.7 Å². The zero-order valence-corrected chi connectivity index (χ0v) is 18.9. The van der Waals surface area contributed by atoms with E-state index in [2.05, 4.69) is 11.0 Å². The Morgan fingerprint density at radius 2 is 1.65 bits per heavy atom. The molecule has 1 aromatic carbocycles. The Kier molecular flexibility index (Phi) is 8.30. The van der Waals surface area contributed by atoms with Crippen LogP contribution < -0.4 is 0 Å². The summed E-state index contributed by atoms with van der Waals surface area (Å²) in [7, 11) is 0. The van der Waals surface area contributed by atoms with Gasteiger partial charge in [-0.05, 0) is 50.8 Å². The molecule has 168 valence electrons. The summed E-state index contributed by atoms with van der Waals surface area (Å²) in [5.74, 6) is 0.293. The van der Waals surface area contributed by atoms with Gasteiger partial charge in [-0.2, -0.15) is 5.26 Å². The number of likely N-dealkylation sites (tertiary alicyclic amines) is 1. The van der Waals surface area contributed by atoms with Crippen molar-refractivity contribution < 1.29 is 9.59 Å². The van der Waals surface area contributed by atoms with E-state index in [0.717, 1.165) is 65.1 Å². The summed E-state index contributed by atoms with van der Waals surface area (Å²) in [6, 6.07) is 10.0. The normalized spacial score (nSPS) is 18.4. The first kappa shape index (κ1) is 23.1. The minimum atomic E-state index is 0.0332. The number of carbonyl (C=O) groups is 2. The summed E-state index contributed by atoms with van der Waals surface area (Å²) in [5.41, 5.74) is 1.88. The minimum Gasteiger partial charge on any atom is -0.341 e. The van der Waals surface area contributed by atoms with Crippen LogP contribution in [0.5, 0.6) is 0 Å². The first-order valence-electron chi connectivity index (χ1n) is 11.6. The third-order valence-corrected chi connectivity index (χ3v) is 6.54. The van der Waals surface area contributed by atoms with Crippen molar-refractivity contribution in [2.75, 3.05) is 52.4 Å². The van der Waals surface area contributed by atoms with Crippen LogP contribution in [0.15, 0.2) is 24.3 Å². The van der Waals surface area contributed by atoms with Crippen molar-refractivity contribution in [1.82, 2.24) is 19.6 Å². The summed E-state index contributed by atoms with van der Waals surface area (Å²) >= 11 is 0. The monoisotopic (exact) mass is 425 g/mol. The van der Waals surface area contributed by atoms with E-state index in [9.17, 15) is 9.59 Å². The summed E-state index contributed by atoms with van der Waals surface area (Å²) in [4.78, 5) is 33.8. The lowest BCUT2D eigenvalue weighted by Crippen LogP contribution is -2.49. The van der Waals surface area contributed by atoms with Crippen molar-refractivity contribution in [2.24, 2.45) is 5.92 Å². The van der Waals surface area contributed by atoms with Crippen LogP contribution in [-0.4, -0.2) is 83.9 Å². The number of amides is 3. The highest BCUT2D eigenvalue weighted by Crippen LogP contribution is 2.22. The molecule has 1 aromatic rings. The Morgan fingerprint density at radius 1 is 0.968 bits per heavy atom. The van der Waals surface area contributed by atoms with E-state index in [0.29, 0.717) is 18.7 Å². The molecule has 0 aromatic heterocycles. The molecular weight excluding hydrogens is 390 g/mol. The van der Waals surface area contributed by atoms with Crippen LogP contribution in [0.1, 0.15) is 44.2 Å². The van der Waals surface area contributed by atoms with Crippen LogP contribution in [0.25, 0.3) is 0 Å². The van der Waals surface area contributed by atoms with Gasteiger partial charge in [0.05, 0.1) is 11.6 Å². The Labute approximate surface area is 186 Å². The molecule has 31 heavy (non-hydrogen) atoms. The highest BCUT2D eigenvalue weighted by molar-refractivity contribution is 5.80. The number of hydrogen-bond acceptors (Lipinski definition) is 4. The number of piperidine rings is 1. The maximum Gasteiger partial charge on any atom is 0.319 e. The van der Waals surface area contributed by atoms with Crippen LogP contribution in [0.4, 0.5) is 4.79 Å². The van der Waals surface area contributed by atoms with Crippen molar-refractivity contribution in [3.8, 4) is 6.07 Å². The lowest BCUT2D eigenvalue weighted by molar-refractivity contribution is -0.136. The molecule has 3 rings (SSSR count). The highest BCUT2D eigenvalue weighted by atomic mass is 16.2. The van der Waals surface area contributed by atoms with Gasteiger partial charge in [0.2, 0.25) is 5.91 Å². The SMILES string of the molecule is CCN(CC)C(=O)N1CCC(C(=O)N2CCCN(Cc3ccc(C#N)cc3)CC2)CC1. The highest BCUT2D eigenvalue weighted by Gasteiger charge is 2.32. The molecule has 0 bridgehead atoms. The first-order chi connectivity index (χ1) is 15.0. The smallest absolute Gasteiger partial charge is 0.319 e. The van der Waals surface area contributed by atoms with E-state index in [1.165, 1.54) is 5.56 Å². The number of nitriles is 1. The number of urea groups is 1. The van der Waals surface area contributed by atoms with Crippen molar-refractivity contribution in [3.63, 3.8) is 0 Å². The average Bonchev–Trinajstić information content (AvgIpc) is 3.05. The van der Waals surface area contributed by atoms with Crippen LogP contribution in [0.2, 0.25) is 0 Å². The number of rotatable bonds is 5. The molecule has 2 fully saturated rings. The van der Waals surface area contributed by atoms with Crippen LogP contribution in [0, 0.1) is 17.2 Å². The number of carbonyl (C=O) groups excluding carboxylic acids is 2. The summed E-state index contributed by atoms with van der Waals surface area (Å²) < 4.78 is 0. The van der Waals surface area contributed by atoms with E-state index in [4.69, 9.17) is 5.26 Å². The predicted octanol–water partition coefficient (Wildman–Crippen LogP) is 2.77. The Bertz CT molecular complexity index is 776. The molecule has 0 N–H and O–H groups in total. The Hall–Kier alpha value is -2.59. The molecule has 2 saturated heterocycles. The quantitative estimate of drug-likeness (QED) is 0.727. The third kappa shape index (κ3) is 5.98. The topological polar surface area (TPSA) is 70.9 Å². The van der Waals surface area contributed by atoms with Gasteiger partial charge in [0.25, 0.3) is 0 Å². The van der Waals surface area contributed by atoms with Crippen molar-refractivity contribution in [1.29, 1.82) is 5.26 Å². The lowest BCUT2D eigenvalue weighted by Gasteiger charge is -2.36. The van der Waals surface area contributed by atoms with Gasteiger partial charge in [0.15, 0.2) is 0 Å². The van der Waals surface area contributed by atoms with Gasteiger partial charge in [-0.1, -0.05) is 12.1 Å². The van der Waals surface area contributed by atoms with E-state index in [1.54, 1.807) is 0 Å². The maximum absolute atomic E-state index is 13.1. The van der Waals surface area contributed by atoms with Crippen LogP contribution in [0.3, 0.4) is 0 Å². The zero-order chi connectivity index (χ0) is 22.2. The van der Waals surface area contributed by atoms with E-state index >= 15 is 0 Å². The molecular formula is C24H35N5O2. The molecule has 0 atom stereocenters. The fourth-order valence-corrected chi connectivity index (χ4v) is 4.56. The van der Waals surface area contributed by atoms with Gasteiger partial charge in [0, 0.05) is 64.8 Å². The van der Waals surface area contributed by atoms with Gasteiger partial charge in [-0.25, -0.2) is 4.79 Å². The standard InChI is InChI=1S/C24H35N5O2/c1-3-27(4-2)24(31)29-14-10-22(11-15-29)23(30)28-13-5-12-26(16-17-28)19-21-8-6-20(18-25)7-9-21/h6-9,22H,3-5,10-17,19H2,1-2H3. The molecule has 3 amide bonds. The van der Waals surface area contributed by atoms with Crippen molar-refractivity contribution in [3.05, 3.63) is 35.4 Å². The van der Waals surface area contributed by atoms with Gasteiger partial charge >= 0.3 is 6.03 Å². The van der Waals surface area contributed by atoms with Crippen molar-refractivity contribution in [2.45, 2.75) is 39.7 Å². The minimum absolute atomic E-state index is 0.0332. The average molecular weight is 426 g/mol.